The van der Waals surface area contributed by atoms with Crippen LogP contribution in [0.2, 0.25) is 0 Å². The van der Waals surface area contributed by atoms with Gasteiger partial charge in [-0.2, -0.15) is 5.26 Å². The fourth-order valence-electron chi connectivity index (χ4n) is 2.77. The maximum absolute atomic E-state index is 10.1. The summed E-state index contributed by atoms with van der Waals surface area (Å²) in [6.07, 6.45) is 3.45. The number of allylic oxidation sites excluding steroid dienone is 1. The summed E-state index contributed by atoms with van der Waals surface area (Å²) in [4.78, 5) is 0. The molecule has 0 bridgehead atoms. The molecule has 2 aromatic carbocycles. The van der Waals surface area contributed by atoms with E-state index in [1.807, 2.05) is 48.5 Å². The molecule has 1 unspecified atom stereocenters. The molecule has 0 saturated heterocycles. The lowest BCUT2D eigenvalue weighted by Gasteiger charge is -2.13. The number of hydrogen-bond acceptors (Lipinski definition) is 6. The Kier molecular flexibility index (Phi) is 9.73. The molecular formula is C23H28N2O4. The van der Waals surface area contributed by atoms with Crippen molar-refractivity contribution in [1.29, 1.82) is 5.26 Å². The molecule has 0 spiro atoms. The van der Waals surface area contributed by atoms with Crippen LogP contribution in [0.1, 0.15) is 16.7 Å². The van der Waals surface area contributed by atoms with Gasteiger partial charge >= 0.3 is 0 Å². The zero-order valence-electron chi connectivity index (χ0n) is 16.9. The number of nitriles is 1. The van der Waals surface area contributed by atoms with Gasteiger partial charge in [-0.1, -0.05) is 30.3 Å². The summed E-state index contributed by atoms with van der Waals surface area (Å²) in [5, 5.41) is 21.8. The van der Waals surface area contributed by atoms with E-state index in [1.54, 1.807) is 20.3 Å². The van der Waals surface area contributed by atoms with E-state index in [2.05, 4.69) is 5.32 Å². The van der Waals surface area contributed by atoms with Crippen LogP contribution >= 0.6 is 0 Å². The highest BCUT2D eigenvalue weighted by Gasteiger charge is 2.06. The molecule has 0 aliphatic heterocycles. The van der Waals surface area contributed by atoms with Crippen molar-refractivity contribution in [3.63, 3.8) is 0 Å². The lowest BCUT2D eigenvalue weighted by atomic mass is 10.1. The van der Waals surface area contributed by atoms with Crippen molar-refractivity contribution in [2.45, 2.75) is 19.1 Å². The summed E-state index contributed by atoms with van der Waals surface area (Å²) in [7, 11) is 3.24. The van der Waals surface area contributed by atoms with Crippen LogP contribution in [0.4, 0.5) is 0 Å². The van der Waals surface area contributed by atoms with Crippen LogP contribution < -0.4 is 14.8 Å². The standard InChI is InChI=1S/C23H28N2O4/c1-27-22-10-9-19(14-23(22)28-2)11-13-25-15-21(26)17-29-16-20-7-5-18(6-8-20)4-3-12-24/h3-10,14,21,25-26H,11,13,15-17H2,1-2H3. The van der Waals surface area contributed by atoms with Gasteiger partial charge in [-0.3, -0.25) is 0 Å². The molecule has 2 rings (SSSR count). The fourth-order valence-corrected chi connectivity index (χ4v) is 2.77. The molecule has 0 saturated carbocycles. The van der Waals surface area contributed by atoms with Gasteiger partial charge in [0.05, 0.1) is 39.6 Å². The Balaban J connectivity index is 1.63. The summed E-state index contributed by atoms with van der Waals surface area (Å²) < 4.78 is 16.1. The minimum Gasteiger partial charge on any atom is -0.493 e. The van der Waals surface area contributed by atoms with Gasteiger partial charge < -0.3 is 24.6 Å². The monoisotopic (exact) mass is 396 g/mol. The minimum absolute atomic E-state index is 0.263. The third-order valence-electron chi connectivity index (χ3n) is 4.33. The van der Waals surface area contributed by atoms with Crippen LogP contribution in [0, 0.1) is 11.3 Å². The van der Waals surface area contributed by atoms with Crippen molar-refractivity contribution in [1.82, 2.24) is 5.32 Å². The maximum Gasteiger partial charge on any atom is 0.160 e. The van der Waals surface area contributed by atoms with Crippen LogP contribution in [0.25, 0.3) is 6.08 Å². The summed E-state index contributed by atoms with van der Waals surface area (Å²) >= 11 is 0. The van der Waals surface area contributed by atoms with Gasteiger partial charge in [0.2, 0.25) is 0 Å². The van der Waals surface area contributed by atoms with Crippen LogP contribution in [-0.2, 0) is 17.8 Å². The van der Waals surface area contributed by atoms with E-state index in [0.717, 1.165) is 29.7 Å². The average molecular weight is 396 g/mol. The molecule has 0 aromatic heterocycles. The van der Waals surface area contributed by atoms with E-state index < -0.39 is 6.10 Å². The Bertz CT molecular complexity index is 813. The number of ether oxygens (including phenoxy) is 3. The third kappa shape index (κ3) is 7.96. The summed E-state index contributed by atoms with van der Waals surface area (Å²) in [6.45, 7) is 1.90. The Morgan fingerprint density at radius 2 is 1.79 bits per heavy atom. The minimum atomic E-state index is -0.571. The molecular weight excluding hydrogens is 368 g/mol. The van der Waals surface area contributed by atoms with Crippen molar-refractivity contribution in [3.8, 4) is 17.6 Å². The van der Waals surface area contributed by atoms with Gasteiger partial charge in [-0.25, -0.2) is 0 Å². The number of aliphatic hydroxyl groups excluding tert-OH is 1. The number of methoxy groups -OCH3 is 2. The normalized spacial score (nSPS) is 11.9. The number of aliphatic hydroxyl groups is 1. The molecule has 154 valence electrons. The van der Waals surface area contributed by atoms with Crippen molar-refractivity contribution in [3.05, 3.63) is 65.2 Å². The highest BCUT2D eigenvalue weighted by molar-refractivity contribution is 5.52. The van der Waals surface area contributed by atoms with E-state index >= 15 is 0 Å². The second-order valence-corrected chi connectivity index (χ2v) is 6.52. The Morgan fingerprint density at radius 1 is 1.07 bits per heavy atom. The quantitative estimate of drug-likeness (QED) is 0.424. The Labute approximate surface area is 172 Å². The number of nitrogens with zero attached hydrogens (tertiary/aromatic N) is 1. The molecule has 6 heteroatoms. The van der Waals surface area contributed by atoms with E-state index in [1.165, 1.54) is 6.08 Å². The smallest absolute Gasteiger partial charge is 0.160 e. The highest BCUT2D eigenvalue weighted by atomic mass is 16.5. The van der Waals surface area contributed by atoms with Crippen molar-refractivity contribution in [2.24, 2.45) is 0 Å². The highest BCUT2D eigenvalue weighted by Crippen LogP contribution is 2.27. The van der Waals surface area contributed by atoms with Gasteiger partial charge in [-0.05, 0) is 47.9 Å². The third-order valence-corrected chi connectivity index (χ3v) is 4.33. The molecule has 0 amide bonds. The van der Waals surface area contributed by atoms with Gasteiger partial charge in [-0.15, -0.1) is 0 Å². The molecule has 0 fully saturated rings. The van der Waals surface area contributed by atoms with E-state index in [9.17, 15) is 5.11 Å². The van der Waals surface area contributed by atoms with Gasteiger partial charge in [0.1, 0.15) is 0 Å². The first-order valence-corrected chi connectivity index (χ1v) is 9.48. The number of rotatable bonds is 12. The first kappa shape index (κ1) is 22.4. The van der Waals surface area contributed by atoms with E-state index in [0.29, 0.717) is 24.7 Å². The van der Waals surface area contributed by atoms with Crippen LogP contribution in [0.5, 0.6) is 11.5 Å². The predicted octanol–water partition coefficient (Wildman–Crippen LogP) is 2.95. The molecule has 2 N–H and O–H groups in total. The van der Waals surface area contributed by atoms with Gasteiger partial charge in [0.25, 0.3) is 0 Å². The fraction of sp³-hybridized carbons (Fsp3) is 0.348. The average Bonchev–Trinajstić information content (AvgIpc) is 2.76. The van der Waals surface area contributed by atoms with Crippen molar-refractivity contribution < 1.29 is 19.3 Å². The molecule has 0 radical (unpaired) electrons. The lowest BCUT2D eigenvalue weighted by molar-refractivity contribution is 0.0290. The zero-order chi connectivity index (χ0) is 20.9. The number of benzene rings is 2. The molecule has 0 aliphatic carbocycles. The molecule has 6 nitrogen and oxygen atoms in total. The molecule has 1 atom stereocenters. The van der Waals surface area contributed by atoms with E-state index in [-0.39, 0.29) is 6.61 Å². The largest absolute Gasteiger partial charge is 0.493 e. The second kappa shape index (κ2) is 12.6. The maximum atomic E-state index is 10.1. The molecule has 2 aromatic rings. The summed E-state index contributed by atoms with van der Waals surface area (Å²) in [5.41, 5.74) is 3.12. The van der Waals surface area contributed by atoms with Crippen molar-refractivity contribution >= 4 is 6.08 Å². The zero-order valence-corrected chi connectivity index (χ0v) is 16.9. The summed E-state index contributed by atoms with van der Waals surface area (Å²) in [5.74, 6) is 1.43. The van der Waals surface area contributed by atoms with Crippen molar-refractivity contribution in [2.75, 3.05) is 33.9 Å². The number of hydrogen-bond donors (Lipinski definition) is 2. The SMILES string of the molecule is COc1ccc(CCNCC(O)COCc2ccc(C=CC#N)cc2)cc1OC. The second-order valence-electron chi connectivity index (χ2n) is 6.52. The topological polar surface area (TPSA) is 83.7 Å². The van der Waals surface area contributed by atoms with Crippen LogP contribution in [-0.4, -0.2) is 45.1 Å². The molecule has 29 heavy (non-hydrogen) atoms. The van der Waals surface area contributed by atoms with Crippen LogP contribution in [0.3, 0.4) is 0 Å². The van der Waals surface area contributed by atoms with Crippen LogP contribution in [0.15, 0.2) is 48.5 Å². The predicted molar refractivity (Wildman–Crippen MR) is 113 cm³/mol. The summed E-state index contributed by atoms with van der Waals surface area (Å²) in [6, 6.07) is 15.6. The first-order chi connectivity index (χ1) is 14.2. The Morgan fingerprint density at radius 3 is 2.48 bits per heavy atom. The van der Waals surface area contributed by atoms with Gasteiger partial charge in [0.15, 0.2) is 11.5 Å². The number of nitrogens with one attached hydrogen (secondary N) is 1. The van der Waals surface area contributed by atoms with E-state index in [4.69, 9.17) is 19.5 Å². The van der Waals surface area contributed by atoms with Gasteiger partial charge in [0, 0.05) is 12.6 Å². The first-order valence-electron chi connectivity index (χ1n) is 9.48. The molecule has 0 heterocycles. The lowest BCUT2D eigenvalue weighted by Crippen LogP contribution is -2.31. The Hall–Kier alpha value is -2.85. The molecule has 0 aliphatic rings.